The van der Waals surface area contributed by atoms with Crippen molar-refractivity contribution >= 4 is 32.0 Å². The molecule has 0 bridgehead atoms. The number of nitrogens with zero attached hydrogens (tertiary/aromatic N) is 4. The fourth-order valence-electron chi connectivity index (χ4n) is 5.70. The normalized spacial score (nSPS) is 24.5. The highest BCUT2D eigenvalue weighted by Crippen LogP contribution is 2.39. The molecule has 1 aliphatic carbocycles. The van der Waals surface area contributed by atoms with E-state index in [1.54, 1.807) is 4.31 Å². The van der Waals surface area contributed by atoms with E-state index in [9.17, 15) is 8.42 Å². The summed E-state index contributed by atoms with van der Waals surface area (Å²) in [5.74, 6) is 1.95. The van der Waals surface area contributed by atoms with Crippen LogP contribution in [0.4, 0.5) is 0 Å². The van der Waals surface area contributed by atoms with E-state index in [4.69, 9.17) is 9.72 Å². The minimum absolute atomic E-state index is 0.0192. The lowest BCUT2D eigenvalue weighted by Gasteiger charge is -2.34. The van der Waals surface area contributed by atoms with Gasteiger partial charge in [-0.3, -0.25) is 0 Å². The number of nitrogens with one attached hydrogen (secondary N) is 1. The molecule has 0 amide bonds. The van der Waals surface area contributed by atoms with Crippen molar-refractivity contribution in [3.63, 3.8) is 0 Å². The maximum Gasteiger partial charge on any atom is 0.214 e. The van der Waals surface area contributed by atoms with Gasteiger partial charge in [0.25, 0.3) is 0 Å². The average molecular weight is 500 g/mol. The van der Waals surface area contributed by atoms with Crippen LogP contribution in [0.5, 0.6) is 0 Å². The summed E-state index contributed by atoms with van der Waals surface area (Å²) in [5, 5.41) is 2.14. The summed E-state index contributed by atoms with van der Waals surface area (Å²) < 4.78 is 34.2. The first-order valence-electron chi connectivity index (χ1n) is 13.0. The van der Waals surface area contributed by atoms with Crippen LogP contribution in [0.2, 0.25) is 0 Å². The van der Waals surface area contributed by atoms with Crippen molar-refractivity contribution in [2.24, 2.45) is 11.8 Å². The number of hydrogen-bond donors (Lipinski definition) is 1. The number of piperidine rings is 1. The van der Waals surface area contributed by atoms with Crippen LogP contribution in [0.1, 0.15) is 69.8 Å². The van der Waals surface area contributed by atoms with Gasteiger partial charge in [-0.1, -0.05) is 13.8 Å². The Balaban J connectivity index is 1.26. The summed E-state index contributed by atoms with van der Waals surface area (Å²) >= 11 is 0. The molecule has 1 unspecified atom stereocenters. The summed E-state index contributed by atoms with van der Waals surface area (Å²) in [7, 11) is -3.28. The molecule has 0 spiro atoms. The molecule has 1 N–H and O–H groups in total. The maximum absolute atomic E-state index is 13.3. The summed E-state index contributed by atoms with van der Waals surface area (Å²) in [4.78, 5) is 17.2. The lowest BCUT2D eigenvalue weighted by Crippen LogP contribution is -2.45. The molecule has 1 aliphatic heterocycles. The molecule has 35 heavy (non-hydrogen) atoms. The molecule has 2 aliphatic rings. The number of aromatic nitrogens is 4. The highest BCUT2D eigenvalue weighted by atomic mass is 32.2. The summed E-state index contributed by atoms with van der Waals surface area (Å²) in [6.45, 7) is 7.97. The number of H-pyrrole nitrogens is 1. The second-order valence-corrected chi connectivity index (χ2v) is 12.8. The van der Waals surface area contributed by atoms with Crippen LogP contribution < -0.4 is 0 Å². The molecule has 3 aromatic rings. The number of hydrogen-bond acceptors (Lipinski definition) is 6. The first-order valence-corrected chi connectivity index (χ1v) is 14.6. The highest BCUT2D eigenvalue weighted by Gasteiger charge is 2.34. The van der Waals surface area contributed by atoms with Crippen molar-refractivity contribution in [3.05, 3.63) is 30.0 Å². The second-order valence-electron chi connectivity index (χ2n) is 10.8. The van der Waals surface area contributed by atoms with Gasteiger partial charge < -0.3 is 9.72 Å². The van der Waals surface area contributed by atoms with Crippen molar-refractivity contribution in [1.82, 2.24) is 24.2 Å². The first kappa shape index (κ1) is 24.6. The third-order valence-corrected chi connectivity index (χ3v) is 9.48. The lowest BCUT2D eigenvalue weighted by molar-refractivity contribution is 0.00547. The average Bonchev–Trinajstić information content (AvgIpc) is 3.32. The molecule has 2 fully saturated rings. The number of ether oxygens (including phenoxy) is 1. The lowest BCUT2D eigenvalue weighted by atomic mass is 9.80. The van der Waals surface area contributed by atoms with Crippen LogP contribution in [0.25, 0.3) is 21.9 Å². The van der Waals surface area contributed by atoms with Gasteiger partial charge in [0.05, 0.1) is 29.3 Å². The number of aromatic amines is 1. The van der Waals surface area contributed by atoms with E-state index in [-0.39, 0.29) is 17.8 Å². The zero-order valence-corrected chi connectivity index (χ0v) is 21.9. The number of fused-ring (bicyclic) bond motifs is 3. The predicted molar refractivity (Wildman–Crippen MR) is 138 cm³/mol. The highest BCUT2D eigenvalue weighted by molar-refractivity contribution is 7.89. The Morgan fingerprint density at radius 1 is 1.17 bits per heavy atom. The van der Waals surface area contributed by atoms with Crippen molar-refractivity contribution in [1.29, 1.82) is 0 Å². The van der Waals surface area contributed by atoms with Gasteiger partial charge in [0.15, 0.2) is 0 Å². The van der Waals surface area contributed by atoms with E-state index in [0.29, 0.717) is 31.5 Å². The second kappa shape index (κ2) is 10.1. The van der Waals surface area contributed by atoms with Gasteiger partial charge in [0.1, 0.15) is 11.5 Å². The molecular weight excluding hydrogens is 462 g/mol. The third kappa shape index (κ3) is 5.37. The van der Waals surface area contributed by atoms with Gasteiger partial charge in [-0.25, -0.2) is 23.4 Å². The maximum atomic E-state index is 13.3. The van der Waals surface area contributed by atoms with E-state index >= 15 is 0 Å². The van der Waals surface area contributed by atoms with E-state index in [1.807, 2.05) is 25.4 Å². The van der Waals surface area contributed by atoms with Gasteiger partial charge in [-0.05, 0) is 63.4 Å². The molecule has 4 heterocycles. The molecule has 3 aromatic heterocycles. The molecule has 8 nitrogen and oxygen atoms in total. The smallest absolute Gasteiger partial charge is 0.214 e. The Kier molecular flexibility index (Phi) is 7.10. The van der Waals surface area contributed by atoms with Crippen molar-refractivity contribution in [2.75, 3.05) is 25.4 Å². The first-order chi connectivity index (χ1) is 16.8. The van der Waals surface area contributed by atoms with E-state index in [1.165, 1.54) is 0 Å². The van der Waals surface area contributed by atoms with Crippen LogP contribution >= 0.6 is 0 Å². The van der Waals surface area contributed by atoms with Crippen LogP contribution in [0.15, 0.2) is 18.5 Å². The molecule has 0 aromatic carbocycles. The predicted octanol–water partition coefficient (Wildman–Crippen LogP) is 4.56. The Labute approximate surface area is 207 Å². The van der Waals surface area contributed by atoms with Crippen LogP contribution in [0.3, 0.4) is 0 Å². The SMILES string of the molecule is Cc1nc(C2CCC(CS(=O)(=O)N3CCCC(OCC(C)C)C3)CC2)c2c(cnc3[nH]ccc32)n1. The molecule has 0 radical (unpaired) electrons. The fourth-order valence-corrected chi connectivity index (χ4v) is 7.64. The van der Waals surface area contributed by atoms with E-state index < -0.39 is 10.0 Å². The Hall–Kier alpha value is -2.10. The monoisotopic (exact) mass is 499 g/mol. The topological polar surface area (TPSA) is 101 Å². The van der Waals surface area contributed by atoms with Crippen LogP contribution in [-0.4, -0.2) is 64.2 Å². The Morgan fingerprint density at radius 3 is 2.74 bits per heavy atom. The number of rotatable bonds is 7. The minimum Gasteiger partial charge on any atom is -0.377 e. The zero-order chi connectivity index (χ0) is 24.6. The zero-order valence-electron chi connectivity index (χ0n) is 21.0. The van der Waals surface area contributed by atoms with E-state index in [2.05, 4.69) is 28.8 Å². The quantitative estimate of drug-likeness (QED) is 0.512. The molecular formula is C26H37N5O3S. The standard InChI is InChI=1S/C26H37N5O3S/c1-17(2)15-34-21-5-4-12-31(14-21)35(32,33)16-19-6-8-20(9-7-19)25-24-22-10-11-27-26(22)28-13-23(24)29-18(3)30-25/h10-11,13,17,19-21H,4-9,12,14-16H2,1-3H3,(H,27,28). The van der Waals surface area contributed by atoms with Crippen molar-refractivity contribution < 1.29 is 13.2 Å². The molecule has 190 valence electrons. The van der Waals surface area contributed by atoms with E-state index in [0.717, 1.165) is 72.0 Å². The van der Waals surface area contributed by atoms with Gasteiger partial charge >= 0.3 is 0 Å². The molecule has 5 rings (SSSR count). The molecule has 1 atom stereocenters. The molecule has 1 saturated carbocycles. The van der Waals surface area contributed by atoms with Crippen LogP contribution in [0, 0.1) is 18.8 Å². The number of pyridine rings is 1. The number of sulfonamides is 1. The van der Waals surface area contributed by atoms with Crippen LogP contribution in [-0.2, 0) is 14.8 Å². The van der Waals surface area contributed by atoms with Crippen molar-refractivity contribution in [2.45, 2.75) is 71.3 Å². The van der Waals surface area contributed by atoms with Gasteiger partial charge in [0.2, 0.25) is 10.0 Å². The Morgan fingerprint density at radius 2 is 1.97 bits per heavy atom. The molecule has 1 saturated heterocycles. The Bertz CT molecular complexity index is 1280. The van der Waals surface area contributed by atoms with Gasteiger partial charge in [0, 0.05) is 42.6 Å². The largest absolute Gasteiger partial charge is 0.377 e. The van der Waals surface area contributed by atoms with Crippen molar-refractivity contribution in [3.8, 4) is 0 Å². The summed E-state index contributed by atoms with van der Waals surface area (Å²) in [5.41, 5.74) is 2.81. The van der Waals surface area contributed by atoms with Gasteiger partial charge in [-0.2, -0.15) is 4.31 Å². The fraction of sp³-hybridized carbons (Fsp3) is 0.654. The summed E-state index contributed by atoms with van der Waals surface area (Å²) in [6.07, 6.45) is 9.25. The molecule has 9 heteroatoms. The third-order valence-electron chi connectivity index (χ3n) is 7.47. The van der Waals surface area contributed by atoms with Gasteiger partial charge in [-0.15, -0.1) is 0 Å². The minimum atomic E-state index is -3.28. The summed E-state index contributed by atoms with van der Waals surface area (Å²) in [6, 6.07) is 2.04. The number of aryl methyl sites for hydroxylation is 1.